The quantitative estimate of drug-likeness (QED) is 0.206. The summed E-state index contributed by atoms with van der Waals surface area (Å²) in [5.41, 5.74) is 10.9. The van der Waals surface area contributed by atoms with Gasteiger partial charge in [0.2, 0.25) is 0 Å². The second-order valence-corrected chi connectivity index (χ2v) is 13.5. The Morgan fingerprint density at radius 2 is 0.689 bits per heavy atom. The van der Waals surface area contributed by atoms with Gasteiger partial charge in [-0.15, -0.1) is 0 Å². The smallest absolute Gasteiger partial charge is 0.0237 e. The molecule has 0 aliphatic carbocycles. The van der Waals surface area contributed by atoms with Crippen molar-refractivity contribution in [2.75, 3.05) is 45.8 Å². The molecule has 1 heterocycles. The number of hydrogen-bond acceptors (Lipinski definition) is 4. The number of rotatable bonds is 8. The summed E-state index contributed by atoms with van der Waals surface area (Å²) in [5, 5.41) is 0. The van der Waals surface area contributed by atoms with E-state index in [2.05, 4.69) is 151 Å². The van der Waals surface area contributed by atoms with Gasteiger partial charge in [0.15, 0.2) is 0 Å². The SMILES string of the molecule is Cc1ccc(CN2CCN(Cc3ccc(C)cc3)CCN(Cc3ccc(C)cc3)[C@H](C)CN(Cc3ccc(C)cc3)CC2)cc1. The minimum atomic E-state index is 0.433. The molecule has 4 nitrogen and oxygen atoms in total. The minimum absolute atomic E-state index is 0.433. The summed E-state index contributed by atoms with van der Waals surface area (Å²) in [6.45, 7) is 22.5. The van der Waals surface area contributed by atoms with E-state index in [1.54, 1.807) is 0 Å². The van der Waals surface area contributed by atoms with E-state index >= 15 is 0 Å². The molecular weight excluding hydrogens is 548 g/mol. The van der Waals surface area contributed by atoms with Crippen molar-refractivity contribution >= 4 is 0 Å². The van der Waals surface area contributed by atoms with E-state index in [9.17, 15) is 0 Å². The van der Waals surface area contributed by atoms with Gasteiger partial charge in [-0.1, -0.05) is 119 Å². The Morgan fingerprint density at radius 1 is 0.400 bits per heavy atom. The van der Waals surface area contributed by atoms with Crippen LogP contribution < -0.4 is 0 Å². The molecule has 0 bridgehead atoms. The molecule has 4 aromatic carbocycles. The summed E-state index contributed by atoms with van der Waals surface area (Å²) in [5.74, 6) is 0. The van der Waals surface area contributed by atoms with Gasteiger partial charge in [-0.05, 0) is 56.9 Å². The van der Waals surface area contributed by atoms with E-state index in [4.69, 9.17) is 0 Å². The Morgan fingerprint density at radius 3 is 1.07 bits per heavy atom. The monoisotopic (exact) mass is 602 g/mol. The molecule has 1 aliphatic rings. The third-order valence-electron chi connectivity index (χ3n) is 9.40. The van der Waals surface area contributed by atoms with Gasteiger partial charge in [-0.3, -0.25) is 19.6 Å². The average Bonchev–Trinajstić information content (AvgIpc) is 3.03. The van der Waals surface area contributed by atoms with Gasteiger partial charge >= 0.3 is 0 Å². The van der Waals surface area contributed by atoms with Crippen molar-refractivity contribution in [3.63, 3.8) is 0 Å². The van der Waals surface area contributed by atoms with Crippen LogP contribution in [0.4, 0.5) is 0 Å². The Kier molecular flexibility index (Phi) is 12.0. The molecule has 4 aromatic rings. The molecule has 0 amide bonds. The molecule has 4 heteroatoms. The lowest BCUT2D eigenvalue weighted by Crippen LogP contribution is -2.48. The molecule has 5 rings (SSSR count). The normalized spacial score (nSPS) is 18.4. The molecule has 0 spiro atoms. The van der Waals surface area contributed by atoms with Crippen molar-refractivity contribution in [1.29, 1.82) is 0 Å². The number of nitrogens with zero attached hydrogens (tertiary/aromatic N) is 4. The first kappa shape index (κ1) is 33.1. The van der Waals surface area contributed by atoms with Crippen molar-refractivity contribution < 1.29 is 0 Å². The third-order valence-corrected chi connectivity index (χ3v) is 9.40. The van der Waals surface area contributed by atoms with Gasteiger partial charge in [-0.25, -0.2) is 0 Å². The first-order valence-electron chi connectivity index (χ1n) is 16.9. The summed E-state index contributed by atoms with van der Waals surface area (Å²) in [4.78, 5) is 10.8. The molecule has 0 saturated carbocycles. The molecule has 45 heavy (non-hydrogen) atoms. The summed E-state index contributed by atoms with van der Waals surface area (Å²) in [6, 6.07) is 37.0. The zero-order valence-corrected chi connectivity index (χ0v) is 28.4. The van der Waals surface area contributed by atoms with Crippen molar-refractivity contribution in [2.24, 2.45) is 0 Å². The van der Waals surface area contributed by atoms with Crippen LogP contribution in [0.5, 0.6) is 0 Å². The Bertz CT molecular complexity index is 1430. The zero-order chi connectivity index (χ0) is 31.6. The first-order chi connectivity index (χ1) is 21.8. The van der Waals surface area contributed by atoms with Gasteiger partial charge in [-0.2, -0.15) is 0 Å². The Balaban J connectivity index is 1.39. The number of aryl methyl sites for hydroxylation is 4. The molecule has 0 N–H and O–H groups in total. The average molecular weight is 603 g/mol. The van der Waals surface area contributed by atoms with E-state index in [1.165, 1.54) is 44.5 Å². The van der Waals surface area contributed by atoms with Gasteiger partial charge in [0.25, 0.3) is 0 Å². The highest BCUT2D eigenvalue weighted by Crippen LogP contribution is 2.17. The Labute approximate surface area is 273 Å². The van der Waals surface area contributed by atoms with Crippen molar-refractivity contribution in [2.45, 2.75) is 66.8 Å². The maximum Gasteiger partial charge on any atom is 0.0237 e. The molecule has 1 aliphatic heterocycles. The second-order valence-electron chi connectivity index (χ2n) is 13.5. The fourth-order valence-electron chi connectivity index (χ4n) is 6.34. The van der Waals surface area contributed by atoms with Gasteiger partial charge in [0, 0.05) is 78.0 Å². The maximum absolute atomic E-state index is 2.72. The molecule has 1 saturated heterocycles. The predicted molar refractivity (Wildman–Crippen MR) is 190 cm³/mol. The molecule has 0 unspecified atom stereocenters. The van der Waals surface area contributed by atoms with Crippen LogP contribution in [0.15, 0.2) is 97.1 Å². The predicted octanol–water partition coefficient (Wildman–Crippen LogP) is 7.63. The fraction of sp³-hybridized carbons (Fsp3) is 0.415. The first-order valence-corrected chi connectivity index (χ1v) is 16.9. The van der Waals surface area contributed by atoms with Crippen LogP contribution in [-0.4, -0.2) is 71.5 Å². The molecule has 0 aromatic heterocycles. The highest BCUT2D eigenvalue weighted by molar-refractivity contribution is 5.24. The van der Waals surface area contributed by atoms with Crippen LogP contribution in [0.2, 0.25) is 0 Å². The van der Waals surface area contributed by atoms with Crippen LogP contribution >= 0.6 is 0 Å². The highest BCUT2D eigenvalue weighted by Gasteiger charge is 2.22. The zero-order valence-electron chi connectivity index (χ0n) is 28.4. The summed E-state index contributed by atoms with van der Waals surface area (Å²) in [7, 11) is 0. The highest BCUT2D eigenvalue weighted by atomic mass is 15.3. The van der Waals surface area contributed by atoms with Crippen LogP contribution in [0.25, 0.3) is 0 Å². The van der Waals surface area contributed by atoms with E-state index in [-0.39, 0.29) is 0 Å². The fourth-order valence-corrected chi connectivity index (χ4v) is 6.34. The van der Waals surface area contributed by atoms with Crippen molar-refractivity contribution in [1.82, 2.24) is 19.6 Å². The van der Waals surface area contributed by atoms with Crippen LogP contribution in [0.1, 0.15) is 51.4 Å². The van der Waals surface area contributed by atoms with Gasteiger partial charge < -0.3 is 0 Å². The van der Waals surface area contributed by atoms with Crippen molar-refractivity contribution in [3.8, 4) is 0 Å². The van der Waals surface area contributed by atoms with E-state index in [1.807, 2.05) is 0 Å². The molecular formula is C41H54N4. The Hall–Kier alpha value is -3.28. The maximum atomic E-state index is 2.72. The van der Waals surface area contributed by atoms with Crippen molar-refractivity contribution in [3.05, 3.63) is 142 Å². The van der Waals surface area contributed by atoms with E-state index in [0.29, 0.717) is 6.04 Å². The van der Waals surface area contributed by atoms with E-state index < -0.39 is 0 Å². The van der Waals surface area contributed by atoms with E-state index in [0.717, 1.165) is 72.0 Å². The van der Waals surface area contributed by atoms with Gasteiger partial charge in [0.1, 0.15) is 0 Å². The standard InChI is InChI=1S/C41H54N4/c1-33-6-14-38(15-7-33)29-42-22-23-43(30-39-16-8-34(2)9-17-39)26-27-45(32-41-20-12-36(4)13-21-41)37(5)28-44(25-24-42)31-40-18-10-35(3)11-19-40/h6-21,37H,22-32H2,1-5H3/t37-/m1/s1. The van der Waals surface area contributed by atoms with Crippen LogP contribution in [0, 0.1) is 27.7 Å². The van der Waals surface area contributed by atoms with Gasteiger partial charge in [0.05, 0.1) is 0 Å². The molecule has 238 valence electrons. The summed E-state index contributed by atoms with van der Waals surface area (Å²) < 4.78 is 0. The summed E-state index contributed by atoms with van der Waals surface area (Å²) >= 11 is 0. The molecule has 0 radical (unpaired) electrons. The minimum Gasteiger partial charge on any atom is -0.297 e. The van der Waals surface area contributed by atoms with Crippen LogP contribution in [-0.2, 0) is 26.2 Å². The number of benzene rings is 4. The number of hydrogen-bond donors (Lipinski definition) is 0. The largest absolute Gasteiger partial charge is 0.297 e. The lowest BCUT2D eigenvalue weighted by Gasteiger charge is -2.38. The second kappa shape index (κ2) is 16.3. The lowest BCUT2D eigenvalue weighted by molar-refractivity contribution is 0.0926. The summed E-state index contributed by atoms with van der Waals surface area (Å²) in [6.07, 6.45) is 0. The lowest BCUT2D eigenvalue weighted by atomic mass is 10.1. The van der Waals surface area contributed by atoms with Crippen LogP contribution in [0.3, 0.4) is 0 Å². The topological polar surface area (TPSA) is 13.0 Å². The third kappa shape index (κ3) is 10.6. The molecule has 1 atom stereocenters. The molecule has 1 fully saturated rings.